The second-order valence-electron chi connectivity index (χ2n) is 26.5. The summed E-state index contributed by atoms with van der Waals surface area (Å²) in [4.78, 5) is 0. The average Bonchev–Trinajstić information content (AvgIpc) is 3.28. The van der Waals surface area contributed by atoms with E-state index in [0.717, 1.165) is 71.0 Å². The normalized spacial score (nSPS) is 11.8. The summed E-state index contributed by atoms with van der Waals surface area (Å²) in [5.74, 6) is 10.4. The molecule has 0 N–H and O–H groups in total. The van der Waals surface area contributed by atoms with Crippen LogP contribution in [0.25, 0.3) is 0 Å². The Morgan fingerprint density at radius 1 is 0.306 bits per heavy atom. The molecule has 0 aromatic heterocycles. The van der Waals surface area contributed by atoms with E-state index in [0.29, 0.717) is 10.8 Å². The molecular weight excluding hydrogens is 865 g/mol. The molecule has 0 saturated heterocycles. The second kappa shape index (κ2) is 70.0. The molecule has 0 spiro atoms. The summed E-state index contributed by atoms with van der Waals surface area (Å²) >= 11 is 0. The molecule has 0 fully saturated rings. The lowest BCUT2D eigenvalue weighted by Gasteiger charge is -2.34. The van der Waals surface area contributed by atoms with Crippen LogP contribution in [-0.4, -0.2) is 0 Å². The third-order valence-corrected chi connectivity index (χ3v) is 14.7. The van der Waals surface area contributed by atoms with Crippen LogP contribution in [0.1, 0.15) is 343 Å². The zero-order valence-corrected chi connectivity index (χ0v) is 60.5. The number of hydrogen-bond donors (Lipinski definition) is 0. The van der Waals surface area contributed by atoms with Crippen LogP contribution in [0.15, 0.2) is 46.6 Å². The zero-order chi connectivity index (χ0) is 61.3. The summed E-state index contributed by atoms with van der Waals surface area (Å²) in [6.45, 7) is 97.2. The monoisotopic (exact) mass is 1030 g/mol. The third kappa shape index (κ3) is 128. The van der Waals surface area contributed by atoms with Gasteiger partial charge in [-0.3, -0.25) is 0 Å². The molecule has 0 radical (unpaired) electrons. The van der Waals surface area contributed by atoms with Crippen molar-refractivity contribution < 1.29 is 0 Å². The summed E-state index contributed by atoms with van der Waals surface area (Å²) < 4.78 is 0. The molecule has 0 aromatic rings. The predicted molar refractivity (Wildman–Crippen MR) is 356 cm³/mol. The van der Waals surface area contributed by atoms with Gasteiger partial charge < -0.3 is 0 Å². The van der Waals surface area contributed by atoms with Gasteiger partial charge >= 0.3 is 0 Å². The maximum Gasteiger partial charge on any atom is -0.0334 e. The standard InChI is InChI=1S/C10H22.C8H18.2C7H16.C6H14.C6H12.2C5H12.2C5H10.C4H10.C4H8/c1-7(2)9(5)10(6)8(3)4;1-7(2,3)8(4,5)6;2*1-5-7(4)6(2)3;2*1-5(2)6(3)4;4*1-4-5(2)3;2*1-3-4-2/h7-10H,1-6H3;1-6H3;2*6-7H,5H2,1-4H3;5-6H,1-4H3;1-4H3;2*5H,4H2,1-3H3;2*4H,1-3H3;3-4H2,1-2H3;3-4H,1-2H3/b;;;;;;;;;;;4-3-/t9-,10+;;2*7-;;;;;;;;/m..10......../s1. The number of hydrogen-bond acceptors (Lipinski definition) is 0. The van der Waals surface area contributed by atoms with Crippen molar-refractivity contribution in [3.05, 3.63) is 46.6 Å². The molecule has 0 heterocycles. The summed E-state index contributed by atoms with van der Waals surface area (Å²) in [7, 11) is 0. The fourth-order valence-electron chi connectivity index (χ4n) is 2.16. The van der Waals surface area contributed by atoms with Crippen molar-refractivity contribution in [3.8, 4) is 0 Å². The Morgan fingerprint density at radius 2 is 0.472 bits per heavy atom. The van der Waals surface area contributed by atoms with E-state index >= 15 is 0 Å². The fourth-order valence-corrected chi connectivity index (χ4v) is 2.16. The van der Waals surface area contributed by atoms with Gasteiger partial charge in [-0.15, -0.1) is 0 Å². The molecule has 0 aliphatic heterocycles. The van der Waals surface area contributed by atoms with E-state index in [2.05, 4.69) is 289 Å². The van der Waals surface area contributed by atoms with E-state index in [1.165, 1.54) is 60.8 Å². The van der Waals surface area contributed by atoms with Crippen molar-refractivity contribution in [2.45, 2.75) is 343 Å². The lowest BCUT2D eigenvalue weighted by molar-refractivity contribution is 0.157. The van der Waals surface area contributed by atoms with E-state index in [1.807, 2.05) is 39.8 Å². The van der Waals surface area contributed by atoms with Gasteiger partial charge in [0.15, 0.2) is 0 Å². The van der Waals surface area contributed by atoms with Crippen LogP contribution in [0, 0.1) is 81.8 Å². The van der Waals surface area contributed by atoms with Crippen LogP contribution in [0.5, 0.6) is 0 Å². The highest BCUT2D eigenvalue weighted by Crippen LogP contribution is 2.36. The molecule has 0 saturated carbocycles. The van der Waals surface area contributed by atoms with Crippen molar-refractivity contribution in [2.75, 3.05) is 0 Å². The second-order valence-corrected chi connectivity index (χ2v) is 26.5. The summed E-state index contributed by atoms with van der Waals surface area (Å²) in [5, 5.41) is 0. The fraction of sp³-hybridized carbons (Fsp3) is 0.889. The Balaban J connectivity index is -0.0000000551. The minimum absolute atomic E-state index is 0.437. The average molecular weight is 1030 g/mol. The quantitative estimate of drug-likeness (QED) is 0.181. The molecule has 0 nitrogen and oxygen atoms in total. The predicted octanol–water partition coefficient (Wildman–Crippen LogP) is 28.1. The summed E-state index contributed by atoms with van der Waals surface area (Å²) in [6, 6.07) is 0. The number of unbranched alkanes of at least 4 members (excludes halogenated alkanes) is 1. The van der Waals surface area contributed by atoms with E-state index in [4.69, 9.17) is 0 Å². The van der Waals surface area contributed by atoms with Gasteiger partial charge in [-0.05, 0) is 165 Å². The zero-order valence-electron chi connectivity index (χ0n) is 60.5. The molecule has 0 rings (SSSR count). The molecule has 0 aliphatic rings. The summed E-state index contributed by atoms with van der Waals surface area (Å²) in [5.41, 5.74) is 6.49. The Hall–Kier alpha value is -1.04. The molecule has 0 bridgehead atoms. The molecule has 0 unspecified atom stereocenters. The van der Waals surface area contributed by atoms with Gasteiger partial charge in [0.2, 0.25) is 0 Å². The maximum atomic E-state index is 2.36. The molecule has 4 atom stereocenters. The molecule has 0 amide bonds. The minimum Gasteiger partial charge on any atom is -0.0919 e. The minimum atomic E-state index is 0.437. The number of rotatable bonds is 11. The van der Waals surface area contributed by atoms with E-state index in [-0.39, 0.29) is 0 Å². The van der Waals surface area contributed by atoms with Crippen LogP contribution in [0.4, 0.5) is 0 Å². The van der Waals surface area contributed by atoms with Crippen LogP contribution < -0.4 is 0 Å². The van der Waals surface area contributed by atoms with Crippen molar-refractivity contribution in [2.24, 2.45) is 81.8 Å². The lowest BCUT2D eigenvalue weighted by Crippen LogP contribution is -2.25. The van der Waals surface area contributed by atoms with Gasteiger partial charge in [-0.1, -0.05) is 307 Å². The lowest BCUT2D eigenvalue weighted by atomic mass is 9.71. The van der Waals surface area contributed by atoms with E-state index in [1.54, 1.807) is 0 Å². The van der Waals surface area contributed by atoms with E-state index < -0.39 is 0 Å². The first-order chi connectivity index (χ1) is 32.3. The van der Waals surface area contributed by atoms with Crippen molar-refractivity contribution >= 4 is 0 Å². The maximum absolute atomic E-state index is 2.36. The molecule has 448 valence electrons. The van der Waals surface area contributed by atoms with Crippen LogP contribution in [0.2, 0.25) is 0 Å². The molecule has 0 aromatic carbocycles. The molecular formula is C72H160. The third-order valence-electron chi connectivity index (χ3n) is 14.7. The van der Waals surface area contributed by atoms with Gasteiger partial charge in [-0.2, -0.15) is 0 Å². The van der Waals surface area contributed by atoms with Crippen LogP contribution in [0.3, 0.4) is 0 Å². The van der Waals surface area contributed by atoms with Gasteiger partial charge in [0.05, 0.1) is 0 Å². The highest BCUT2D eigenvalue weighted by Gasteiger charge is 2.27. The van der Waals surface area contributed by atoms with Crippen LogP contribution >= 0.6 is 0 Å². The summed E-state index contributed by atoms with van der Waals surface area (Å²) in [6.07, 6.45) is 16.1. The Bertz CT molecular complexity index is 946. The SMILES string of the molecule is C/C=C\C.CC(C)(C)C(C)(C)C.CC(C)=C(C)C.CC(C)C(C)C.CC(C)[C@@H](C)[C@@H](C)C(C)C.CC=C(C)C.CC=C(C)C.CCC(C)C.CCC(C)C.CCCC.CC[C@@H](C)C(C)C.CC[C@H](C)C(C)C. The highest BCUT2D eigenvalue weighted by molar-refractivity contribution is 5.02. The highest BCUT2D eigenvalue weighted by atomic mass is 14.3. The van der Waals surface area contributed by atoms with Gasteiger partial charge in [0.25, 0.3) is 0 Å². The van der Waals surface area contributed by atoms with Crippen molar-refractivity contribution in [1.82, 2.24) is 0 Å². The Kier molecular flexibility index (Phi) is 97.1. The Morgan fingerprint density at radius 3 is 0.486 bits per heavy atom. The van der Waals surface area contributed by atoms with Crippen LogP contribution in [-0.2, 0) is 0 Å². The topological polar surface area (TPSA) is 0 Å². The number of allylic oxidation sites excluding steroid dienone is 8. The molecule has 0 heteroatoms. The Labute approximate surface area is 469 Å². The molecule has 0 aliphatic carbocycles. The van der Waals surface area contributed by atoms with Gasteiger partial charge in [0, 0.05) is 0 Å². The first kappa shape index (κ1) is 99.9. The van der Waals surface area contributed by atoms with Gasteiger partial charge in [0.1, 0.15) is 0 Å². The largest absolute Gasteiger partial charge is 0.0919 e. The van der Waals surface area contributed by atoms with Gasteiger partial charge in [-0.25, -0.2) is 0 Å². The smallest absolute Gasteiger partial charge is 0.0334 e. The first-order valence-electron chi connectivity index (χ1n) is 30.6. The van der Waals surface area contributed by atoms with E-state index in [9.17, 15) is 0 Å². The van der Waals surface area contributed by atoms with Crippen molar-refractivity contribution in [1.29, 1.82) is 0 Å². The van der Waals surface area contributed by atoms with Crippen molar-refractivity contribution in [3.63, 3.8) is 0 Å². The first-order valence-corrected chi connectivity index (χ1v) is 30.6. The molecule has 72 heavy (non-hydrogen) atoms.